The Bertz CT molecular complexity index is 266. The molecular formula is C11H18O5. The summed E-state index contributed by atoms with van der Waals surface area (Å²) in [5.74, 6) is -1.08. The predicted molar refractivity (Wildman–Crippen MR) is 56.8 cm³/mol. The average Bonchev–Trinajstić information content (AvgIpc) is 2.24. The number of aliphatic hydroxyl groups excluding tert-OH is 1. The monoisotopic (exact) mass is 230 g/mol. The minimum absolute atomic E-state index is 0.00141. The molecule has 0 radical (unpaired) electrons. The van der Waals surface area contributed by atoms with Crippen LogP contribution >= 0.6 is 0 Å². The van der Waals surface area contributed by atoms with Gasteiger partial charge in [0.05, 0.1) is 12.7 Å². The fraction of sp³-hybridized carbons (Fsp3) is 0.727. The average molecular weight is 230 g/mol. The van der Waals surface area contributed by atoms with E-state index >= 15 is 0 Å². The van der Waals surface area contributed by atoms with Gasteiger partial charge in [-0.3, -0.25) is 0 Å². The quantitative estimate of drug-likeness (QED) is 0.477. The predicted octanol–water partition coefficient (Wildman–Crippen LogP) is 0.659. The zero-order valence-corrected chi connectivity index (χ0v) is 9.19. The standard InChI is InChI=1S/C11H18O5/c12-6-7-16-9(8-10(13)14)11(15)4-2-1-3-5-11/h8,12,15H,1-7H2,(H,13,14)/b9-8-. The Morgan fingerprint density at radius 3 is 2.44 bits per heavy atom. The molecule has 5 nitrogen and oxygen atoms in total. The lowest BCUT2D eigenvalue weighted by molar-refractivity contribution is -0.132. The number of hydrogen-bond donors (Lipinski definition) is 3. The minimum Gasteiger partial charge on any atom is -0.492 e. The van der Waals surface area contributed by atoms with E-state index in [0.717, 1.165) is 25.3 Å². The van der Waals surface area contributed by atoms with Crippen LogP contribution in [0.25, 0.3) is 0 Å². The van der Waals surface area contributed by atoms with Crippen molar-refractivity contribution >= 4 is 5.97 Å². The summed E-state index contributed by atoms with van der Waals surface area (Å²) < 4.78 is 5.12. The van der Waals surface area contributed by atoms with Crippen molar-refractivity contribution in [2.75, 3.05) is 13.2 Å². The van der Waals surface area contributed by atoms with Crippen molar-refractivity contribution in [3.05, 3.63) is 11.8 Å². The number of carbonyl (C=O) groups is 1. The van der Waals surface area contributed by atoms with Gasteiger partial charge in [-0.1, -0.05) is 19.3 Å². The van der Waals surface area contributed by atoms with Crippen LogP contribution in [0, 0.1) is 0 Å². The highest BCUT2D eigenvalue weighted by Crippen LogP contribution is 2.34. The van der Waals surface area contributed by atoms with Gasteiger partial charge in [-0.05, 0) is 12.8 Å². The molecule has 16 heavy (non-hydrogen) atoms. The fourth-order valence-electron chi connectivity index (χ4n) is 1.96. The second-order valence-corrected chi connectivity index (χ2v) is 4.01. The highest BCUT2D eigenvalue weighted by atomic mass is 16.5. The number of carboxylic acids is 1. The Morgan fingerprint density at radius 1 is 1.31 bits per heavy atom. The maximum Gasteiger partial charge on any atom is 0.331 e. The maximum absolute atomic E-state index is 10.6. The van der Waals surface area contributed by atoms with Gasteiger partial charge in [-0.25, -0.2) is 4.79 Å². The smallest absolute Gasteiger partial charge is 0.331 e. The number of aliphatic carboxylic acids is 1. The van der Waals surface area contributed by atoms with E-state index < -0.39 is 11.6 Å². The molecule has 0 aliphatic heterocycles. The molecule has 0 amide bonds. The van der Waals surface area contributed by atoms with Gasteiger partial charge in [0.2, 0.25) is 0 Å². The third kappa shape index (κ3) is 3.50. The van der Waals surface area contributed by atoms with Crippen molar-refractivity contribution in [3.63, 3.8) is 0 Å². The molecule has 0 saturated heterocycles. The van der Waals surface area contributed by atoms with Crippen molar-refractivity contribution < 1.29 is 24.9 Å². The summed E-state index contributed by atoms with van der Waals surface area (Å²) in [4.78, 5) is 10.6. The van der Waals surface area contributed by atoms with E-state index in [0.29, 0.717) is 12.8 Å². The number of carboxylic acid groups (broad SMARTS) is 1. The van der Waals surface area contributed by atoms with Gasteiger partial charge in [0.15, 0.2) is 0 Å². The molecule has 0 bridgehead atoms. The van der Waals surface area contributed by atoms with Gasteiger partial charge >= 0.3 is 5.97 Å². The summed E-state index contributed by atoms with van der Waals surface area (Å²) in [6.45, 7) is -0.200. The molecule has 92 valence electrons. The van der Waals surface area contributed by atoms with Crippen LogP contribution in [0.1, 0.15) is 32.1 Å². The van der Waals surface area contributed by atoms with Crippen molar-refractivity contribution in [1.82, 2.24) is 0 Å². The lowest BCUT2D eigenvalue weighted by Gasteiger charge is -2.33. The zero-order valence-electron chi connectivity index (χ0n) is 9.19. The van der Waals surface area contributed by atoms with Gasteiger partial charge in [0.25, 0.3) is 0 Å². The fourth-order valence-corrected chi connectivity index (χ4v) is 1.96. The molecule has 1 aliphatic carbocycles. The Balaban J connectivity index is 2.77. The summed E-state index contributed by atoms with van der Waals surface area (Å²) in [5, 5.41) is 27.6. The molecular weight excluding hydrogens is 212 g/mol. The van der Waals surface area contributed by atoms with E-state index in [4.69, 9.17) is 14.9 Å². The topological polar surface area (TPSA) is 87.0 Å². The summed E-state index contributed by atoms with van der Waals surface area (Å²) in [6, 6.07) is 0. The van der Waals surface area contributed by atoms with Gasteiger partial charge in [-0.15, -0.1) is 0 Å². The van der Waals surface area contributed by atoms with Crippen LogP contribution in [-0.2, 0) is 9.53 Å². The number of rotatable bonds is 5. The zero-order chi connectivity index (χ0) is 12.0. The number of aliphatic hydroxyl groups is 2. The summed E-state index contributed by atoms with van der Waals surface area (Å²) >= 11 is 0. The van der Waals surface area contributed by atoms with Crippen LogP contribution < -0.4 is 0 Å². The van der Waals surface area contributed by atoms with E-state index in [9.17, 15) is 9.90 Å². The minimum atomic E-state index is -1.17. The molecule has 0 aromatic rings. The first-order valence-corrected chi connectivity index (χ1v) is 5.49. The van der Waals surface area contributed by atoms with Crippen molar-refractivity contribution in [3.8, 4) is 0 Å². The normalized spacial score (nSPS) is 20.5. The van der Waals surface area contributed by atoms with Crippen LogP contribution in [0.2, 0.25) is 0 Å². The van der Waals surface area contributed by atoms with Crippen molar-refractivity contribution in [2.45, 2.75) is 37.7 Å². The molecule has 1 saturated carbocycles. The molecule has 1 aliphatic rings. The van der Waals surface area contributed by atoms with Crippen LogP contribution in [0.15, 0.2) is 11.8 Å². The largest absolute Gasteiger partial charge is 0.492 e. The molecule has 1 fully saturated rings. The number of ether oxygens (including phenoxy) is 1. The highest BCUT2D eigenvalue weighted by Gasteiger charge is 2.35. The van der Waals surface area contributed by atoms with E-state index in [1.807, 2.05) is 0 Å². The first-order chi connectivity index (χ1) is 7.58. The Kier molecular flexibility index (Phi) is 4.76. The maximum atomic E-state index is 10.6. The molecule has 3 N–H and O–H groups in total. The lowest BCUT2D eigenvalue weighted by atomic mass is 9.83. The van der Waals surface area contributed by atoms with Gasteiger partial charge in [-0.2, -0.15) is 0 Å². The third-order valence-corrected chi connectivity index (χ3v) is 2.74. The van der Waals surface area contributed by atoms with Crippen LogP contribution in [0.5, 0.6) is 0 Å². The molecule has 0 spiro atoms. The van der Waals surface area contributed by atoms with E-state index in [-0.39, 0.29) is 19.0 Å². The molecule has 0 unspecified atom stereocenters. The SMILES string of the molecule is O=C(O)/C=C(\OCCO)C1(O)CCCCC1. The van der Waals surface area contributed by atoms with Crippen LogP contribution in [0.4, 0.5) is 0 Å². The molecule has 1 rings (SSSR count). The molecule has 0 heterocycles. The summed E-state index contributed by atoms with van der Waals surface area (Å²) in [7, 11) is 0. The second-order valence-electron chi connectivity index (χ2n) is 4.01. The third-order valence-electron chi connectivity index (χ3n) is 2.74. The van der Waals surface area contributed by atoms with Crippen LogP contribution in [0.3, 0.4) is 0 Å². The van der Waals surface area contributed by atoms with Gasteiger partial charge < -0.3 is 20.1 Å². The first-order valence-electron chi connectivity index (χ1n) is 5.49. The Hall–Kier alpha value is -1.07. The van der Waals surface area contributed by atoms with Crippen molar-refractivity contribution in [1.29, 1.82) is 0 Å². The highest BCUT2D eigenvalue weighted by molar-refractivity contribution is 5.80. The Morgan fingerprint density at radius 2 is 1.94 bits per heavy atom. The van der Waals surface area contributed by atoms with Crippen LogP contribution in [-0.4, -0.2) is 40.1 Å². The van der Waals surface area contributed by atoms with E-state index in [2.05, 4.69) is 0 Å². The first kappa shape index (κ1) is 13.0. The summed E-state index contributed by atoms with van der Waals surface area (Å²) in [5.41, 5.74) is -1.17. The van der Waals surface area contributed by atoms with Crippen molar-refractivity contribution in [2.24, 2.45) is 0 Å². The number of hydrogen-bond acceptors (Lipinski definition) is 4. The van der Waals surface area contributed by atoms with E-state index in [1.165, 1.54) is 0 Å². The molecule has 0 aromatic heterocycles. The van der Waals surface area contributed by atoms with E-state index in [1.54, 1.807) is 0 Å². The second kappa shape index (κ2) is 5.86. The van der Waals surface area contributed by atoms with Gasteiger partial charge in [0.1, 0.15) is 18.0 Å². The van der Waals surface area contributed by atoms with Gasteiger partial charge in [0, 0.05) is 0 Å². The lowest BCUT2D eigenvalue weighted by Crippen LogP contribution is -2.35. The molecule has 0 atom stereocenters. The summed E-state index contributed by atoms with van der Waals surface area (Å²) in [6.07, 6.45) is 4.67. The Labute approximate surface area is 94.4 Å². The molecule has 0 aromatic carbocycles. The molecule has 5 heteroatoms.